The van der Waals surface area contributed by atoms with Crippen LogP contribution in [0.4, 0.5) is 0 Å². The Morgan fingerprint density at radius 3 is 2.32 bits per heavy atom. The number of carbonyl (C=O) groups excluding carboxylic acids is 1. The van der Waals surface area contributed by atoms with Gasteiger partial charge in [0.1, 0.15) is 6.29 Å². The van der Waals surface area contributed by atoms with Crippen LogP contribution in [-0.4, -0.2) is 31.6 Å². The lowest BCUT2D eigenvalue weighted by molar-refractivity contribution is -0.137. The van der Waals surface area contributed by atoms with E-state index in [9.17, 15) is 9.59 Å². The number of carbonyl (C=O) groups is 2. The number of aldehydes is 1. The van der Waals surface area contributed by atoms with Gasteiger partial charge in [-0.05, 0) is 30.5 Å². The average Bonchev–Trinajstić information content (AvgIpc) is 3.16. The fraction of sp³-hybridized carbons (Fsp3) is 0.429. The summed E-state index contributed by atoms with van der Waals surface area (Å²) in [5.74, 6) is 0.128. The van der Waals surface area contributed by atoms with Crippen molar-refractivity contribution in [1.29, 1.82) is 0 Å². The fourth-order valence-electron chi connectivity index (χ4n) is 2.43. The highest BCUT2D eigenvalue weighted by Gasteiger charge is 2.47. The van der Waals surface area contributed by atoms with Crippen LogP contribution in [0.3, 0.4) is 0 Å². The maximum Gasteiger partial charge on any atom is 0.304 e. The van der Waals surface area contributed by atoms with Crippen molar-refractivity contribution in [3.05, 3.63) is 23.3 Å². The van der Waals surface area contributed by atoms with E-state index in [2.05, 4.69) is 0 Å². The number of carboxylic acids is 1. The first-order valence-corrected chi connectivity index (χ1v) is 6.00. The first-order valence-electron chi connectivity index (χ1n) is 6.00. The molecule has 0 radical (unpaired) electrons. The highest BCUT2D eigenvalue weighted by Crippen LogP contribution is 2.53. The van der Waals surface area contributed by atoms with Crippen LogP contribution >= 0.6 is 0 Å². The summed E-state index contributed by atoms with van der Waals surface area (Å²) in [5, 5.41) is 9.00. The molecule has 0 saturated heterocycles. The minimum atomic E-state index is -0.857. The molecule has 0 amide bonds. The largest absolute Gasteiger partial charge is 0.493 e. The number of methoxy groups -OCH3 is 2. The number of hydrogen-bond donors (Lipinski definition) is 1. The Kier molecular flexibility index (Phi) is 3.46. The van der Waals surface area contributed by atoms with Crippen LogP contribution in [0, 0.1) is 0 Å². The van der Waals surface area contributed by atoms with Gasteiger partial charge in [-0.1, -0.05) is 0 Å². The minimum absolute atomic E-state index is 0.0311. The fourth-order valence-corrected chi connectivity index (χ4v) is 2.43. The van der Waals surface area contributed by atoms with Crippen LogP contribution in [-0.2, 0) is 10.2 Å². The number of carboxylic acid groups (broad SMARTS) is 1. The summed E-state index contributed by atoms with van der Waals surface area (Å²) < 4.78 is 10.4. The van der Waals surface area contributed by atoms with Gasteiger partial charge in [0.2, 0.25) is 0 Å². The smallest absolute Gasteiger partial charge is 0.304 e. The lowest BCUT2D eigenvalue weighted by Crippen LogP contribution is -2.15. The van der Waals surface area contributed by atoms with Gasteiger partial charge in [-0.15, -0.1) is 0 Å². The molecule has 1 aromatic rings. The van der Waals surface area contributed by atoms with Gasteiger partial charge in [0.05, 0.1) is 20.6 Å². The molecule has 5 heteroatoms. The van der Waals surface area contributed by atoms with Crippen molar-refractivity contribution < 1.29 is 24.2 Å². The van der Waals surface area contributed by atoms with Crippen LogP contribution in [0.15, 0.2) is 12.1 Å². The van der Waals surface area contributed by atoms with E-state index < -0.39 is 11.4 Å². The van der Waals surface area contributed by atoms with E-state index in [-0.39, 0.29) is 6.42 Å². The summed E-state index contributed by atoms with van der Waals surface area (Å²) in [6.07, 6.45) is 2.31. The SMILES string of the molecule is COc1cc(C=O)c(C2(CC(=O)O)CC2)cc1OC. The van der Waals surface area contributed by atoms with Crippen LogP contribution in [0.1, 0.15) is 35.2 Å². The molecule has 1 saturated carbocycles. The molecule has 1 aromatic carbocycles. The zero-order valence-electron chi connectivity index (χ0n) is 10.9. The number of aliphatic carboxylic acids is 1. The highest BCUT2D eigenvalue weighted by molar-refractivity contribution is 5.82. The Balaban J connectivity index is 2.50. The average molecular weight is 264 g/mol. The number of benzene rings is 1. The van der Waals surface area contributed by atoms with E-state index in [1.165, 1.54) is 14.2 Å². The van der Waals surface area contributed by atoms with Crippen molar-refractivity contribution in [2.75, 3.05) is 14.2 Å². The molecule has 0 aliphatic heterocycles. The second-order valence-electron chi connectivity index (χ2n) is 4.76. The molecule has 1 fully saturated rings. The summed E-state index contributed by atoms with van der Waals surface area (Å²) in [4.78, 5) is 22.2. The van der Waals surface area contributed by atoms with Gasteiger partial charge in [-0.2, -0.15) is 0 Å². The van der Waals surface area contributed by atoms with Crippen molar-refractivity contribution in [2.24, 2.45) is 0 Å². The molecule has 0 aromatic heterocycles. The number of rotatable bonds is 6. The maximum absolute atomic E-state index is 11.2. The second kappa shape index (κ2) is 4.91. The molecule has 0 spiro atoms. The third kappa shape index (κ3) is 2.41. The van der Waals surface area contributed by atoms with Crippen molar-refractivity contribution in [1.82, 2.24) is 0 Å². The third-order valence-corrected chi connectivity index (χ3v) is 3.60. The van der Waals surface area contributed by atoms with E-state index in [0.29, 0.717) is 17.1 Å². The Labute approximate surface area is 111 Å². The van der Waals surface area contributed by atoms with E-state index in [4.69, 9.17) is 14.6 Å². The van der Waals surface area contributed by atoms with Crippen molar-refractivity contribution in [2.45, 2.75) is 24.7 Å². The quantitative estimate of drug-likeness (QED) is 0.796. The van der Waals surface area contributed by atoms with Gasteiger partial charge in [0.15, 0.2) is 11.5 Å². The number of hydrogen-bond acceptors (Lipinski definition) is 4. The maximum atomic E-state index is 11.2. The van der Waals surface area contributed by atoms with E-state index in [1.54, 1.807) is 12.1 Å². The molecule has 19 heavy (non-hydrogen) atoms. The number of ether oxygens (including phenoxy) is 2. The van der Waals surface area contributed by atoms with Gasteiger partial charge in [-0.25, -0.2) is 0 Å². The molecule has 102 valence electrons. The Morgan fingerprint density at radius 1 is 1.32 bits per heavy atom. The zero-order valence-corrected chi connectivity index (χ0v) is 10.9. The molecular weight excluding hydrogens is 248 g/mol. The van der Waals surface area contributed by atoms with Gasteiger partial charge in [0, 0.05) is 11.0 Å². The molecule has 0 heterocycles. The van der Waals surface area contributed by atoms with E-state index in [0.717, 1.165) is 24.7 Å². The lowest BCUT2D eigenvalue weighted by atomic mass is 9.88. The Morgan fingerprint density at radius 2 is 1.89 bits per heavy atom. The van der Waals surface area contributed by atoms with E-state index in [1.807, 2.05) is 0 Å². The Hall–Kier alpha value is -2.04. The molecule has 1 aliphatic rings. The Bertz CT molecular complexity index is 517. The third-order valence-electron chi connectivity index (χ3n) is 3.60. The summed E-state index contributed by atoms with van der Waals surface area (Å²) in [7, 11) is 3.01. The summed E-state index contributed by atoms with van der Waals surface area (Å²) in [5.41, 5.74) is 0.778. The molecule has 0 unspecified atom stereocenters. The van der Waals surface area contributed by atoms with Crippen molar-refractivity contribution >= 4 is 12.3 Å². The second-order valence-corrected chi connectivity index (χ2v) is 4.76. The summed E-state index contributed by atoms with van der Waals surface area (Å²) >= 11 is 0. The molecule has 1 N–H and O–H groups in total. The molecule has 1 aliphatic carbocycles. The van der Waals surface area contributed by atoms with Crippen molar-refractivity contribution in [3.8, 4) is 11.5 Å². The topological polar surface area (TPSA) is 72.8 Å². The van der Waals surface area contributed by atoms with Crippen LogP contribution in [0.25, 0.3) is 0 Å². The predicted molar refractivity (Wildman–Crippen MR) is 68.1 cm³/mol. The van der Waals surface area contributed by atoms with Crippen molar-refractivity contribution in [3.63, 3.8) is 0 Å². The van der Waals surface area contributed by atoms with Gasteiger partial charge >= 0.3 is 5.97 Å². The lowest BCUT2D eigenvalue weighted by Gasteiger charge is -2.18. The van der Waals surface area contributed by atoms with Gasteiger partial charge < -0.3 is 14.6 Å². The highest BCUT2D eigenvalue weighted by atomic mass is 16.5. The standard InChI is InChI=1S/C14H16O5/c1-18-11-5-9(8-15)10(6-12(11)19-2)14(3-4-14)7-13(16)17/h5-6,8H,3-4,7H2,1-2H3,(H,16,17). The monoisotopic (exact) mass is 264 g/mol. The van der Waals surface area contributed by atoms with Crippen LogP contribution < -0.4 is 9.47 Å². The minimum Gasteiger partial charge on any atom is -0.493 e. The van der Waals surface area contributed by atoms with Gasteiger partial charge in [-0.3, -0.25) is 9.59 Å². The predicted octanol–water partition coefficient (Wildman–Crippen LogP) is 2.02. The first-order chi connectivity index (χ1) is 9.06. The molecule has 0 bridgehead atoms. The normalized spacial score (nSPS) is 15.7. The molecular formula is C14H16O5. The first kappa shape index (κ1) is 13.4. The van der Waals surface area contributed by atoms with Gasteiger partial charge in [0.25, 0.3) is 0 Å². The zero-order chi connectivity index (χ0) is 14.0. The summed E-state index contributed by atoms with van der Waals surface area (Å²) in [6, 6.07) is 3.32. The van der Waals surface area contributed by atoms with Crippen LogP contribution in [0.5, 0.6) is 11.5 Å². The van der Waals surface area contributed by atoms with E-state index >= 15 is 0 Å². The molecule has 2 rings (SSSR count). The molecule has 5 nitrogen and oxygen atoms in total. The molecule has 0 atom stereocenters. The summed E-state index contributed by atoms with van der Waals surface area (Å²) in [6.45, 7) is 0. The van der Waals surface area contributed by atoms with Crippen LogP contribution in [0.2, 0.25) is 0 Å².